The largest absolute Gasteiger partial charge is 0.396 e. The zero-order valence-corrected chi connectivity index (χ0v) is 12.6. The van der Waals surface area contributed by atoms with Gasteiger partial charge in [-0.15, -0.1) is 0 Å². The van der Waals surface area contributed by atoms with Crippen LogP contribution in [-0.4, -0.2) is 48.3 Å². The molecule has 2 aliphatic rings. The van der Waals surface area contributed by atoms with Crippen LogP contribution in [0.2, 0.25) is 0 Å². The number of likely N-dealkylation sites (tertiary alicyclic amines) is 1. The van der Waals surface area contributed by atoms with Gasteiger partial charge in [0.05, 0.1) is 0 Å². The lowest BCUT2D eigenvalue weighted by Crippen LogP contribution is -2.47. The molecule has 110 valence electrons. The van der Waals surface area contributed by atoms with Crippen LogP contribution in [-0.2, 0) is 0 Å². The molecule has 2 fully saturated rings. The van der Waals surface area contributed by atoms with Gasteiger partial charge in [-0.25, -0.2) is 0 Å². The zero-order chi connectivity index (χ0) is 13.7. The lowest BCUT2D eigenvalue weighted by molar-refractivity contribution is 0.172. The molecule has 3 heteroatoms. The van der Waals surface area contributed by atoms with Crippen LogP contribution >= 0.6 is 0 Å². The van der Waals surface area contributed by atoms with E-state index in [2.05, 4.69) is 30.1 Å². The van der Waals surface area contributed by atoms with Crippen molar-refractivity contribution in [3.8, 4) is 0 Å². The zero-order valence-electron chi connectivity index (χ0n) is 12.6. The SMILES string of the molecule is CC(C)=CCN1CCC(NC2CCCC2CO)CC1. The van der Waals surface area contributed by atoms with E-state index in [0.717, 1.165) is 6.54 Å². The highest BCUT2D eigenvalue weighted by atomic mass is 16.3. The number of hydrogen-bond donors (Lipinski definition) is 2. The Hall–Kier alpha value is -0.380. The van der Waals surface area contributed by atoms with Gasteiger partial charge < -0.3 is 10.4 Å². The standard InChI is InChI=1S/C16H30N2O/c1-13(2)6-9-18-10-7-15(8-11-18)17-16-5-3-4-14(16)12-19/h6,14-17,19H,3-5,7-12H2,1-2H3. The predicted octanol–water partition coefficient (Wildman–Crippen LogP) is 2.17. The third-order valence-corrected chi connectivity index (χ3v) is 4.69. The van der Waals surface area contributed by atoms with Crippen molar-refractivity contribution in [2.75, 3.05) is 26.2 Å². The summed E-state index contributed by atoms with van der Waals surface area (Å²) >= 11 is 0. The second-order valence-electron chi connectivity index (χ2n) is 6.50. The summed E-state index contributed by atoms with van der Waals surface area (Å²) in [6.07, 6.45) is 8.57. The maximum Gasteiger partial charge on any atom is 0.0474 e. The third kappa shape index (κ3) is 4.59. The van der Waals surface area contributed by atoms with Crippen LogP contribution in [0.1, 0.15) is 46.0 Å². The minimum atomic E-state index is 0.358. The molecule has 1 aliphatic carbocycles. The lowest BCUT2D eigenvalue weighted by atomic mass is 9.99. The molecule has 0 spiro atoms. The molecular weight excluding hydrogens is 236 g/mol. The molecule has 3 nitrogen and oxygen atoms in total. The van der Waals surface area contributed by atoms with Crippen molar-refractivity contribution < 1.29 is 5.11 Å². The van der Waals surface area contributed by atoms with Gasteiger partial charge in [0.25, 0.3) is 0 Å². The topological polar surface area (TPSA) is 35.5 Å². The van der Waals surface area contributed by atoms with Crippen molar-refractivity contribution in [3.63, 3.8) is 0 Å². The van der Waals surface area contributed by atoms with Gasteiger partial charge in [-0.1, -0.05) is 18.1 Å². The fourth-order valence-electron chi connectivity index (χ4n) is 3.37. The minimum Gasteiger partial charge on any atom is -0.396 e. The van der Waals surface area contributed by atoms with Crippen LogP contribution in [0.15, 0.2) is 11.6 Å². The van der Waals surface area contributed by atoms with E-state index >= 15 is 0 Å². The number of rotatable bonds is 5. The van der Waals surface area contributed by atoms with E-state index < -0.39 is 0 Å². The first kappa shape index (κ1) is 15.0. The first-order chi connectivity index (χ1) is 9.19. The Morgan fingerprint density at radius 2 is 1.95 bits per heavy atom. The van der Waals surface area contributed by atoms with E-state index in [1.807, 2.05) is 0 Å². The highest BCUT2D eigenvalue weighted by molar-refractivity contribution is 4.96. The van der Waals surface area contributed by atoms with Crippen molar-refractivity contribution in [1.29, 1.82) is 0 Å². The molecule has 0 amide bonds. The number of nitrogens with one attached hydrogen (secondary N) is 1. The van der Waals surface area contributed by atoms with Gasteiger partial charge in [-0.2, -0.15) is 0 Å². The molecule has 0 bridgehead atoms. The van der Waals surface area contributed by atoms with Crippen molar-refractivity contribution in [2.24, 2.45) is 5.92 Å². The van der Waals surface area contributed by atoms with E-state index in [4.69, 9.17) is 0 Å². The fourth-order valence-corrected chi connectivity index (χ4v) is 3.37. The lowest BCUT2D eigenvalue weighted by Gasteiger charge is -2.34. The van der Waals surface area contributed by atoms with Gasteiger partial charge in [0.15, 0.2) is 0 Å². The predicted molar refractivity (Wildman–Crippen MR) is 80.2 cm³/mol. The average Bonchev–Trinajstić information content (AvgIpc) is 2.85. The second kappa shape index (κ2) is 7.41. The Labute approximate surface area is 118 Å². The molecule has 2 atom stereocenters. The van der Waals surface area contributed by atoms with E-state index in [1.165, 1.54) is 50.8 Å². The van der Waals surface area contributed by atoms with Gasteiger partial charge in [0, 0.05) is 25.2 Å². The monoisotopic (exact) mass is 266 g/mol. The molecule has 1 saturated heterocycles. The summed E-state index contributed by atoms with van der Waals surface area (Å²) in [5.74, 6) is 0.503. The van der Waals surface area contributed by atoms with Crippen LogP contribution in [0.5, 0.6) is 0 Å². The molecule has 0 aromatic heterocycles. The van der Waals surface area contributed by atoms with E-state index in [-0.39, 0.29) is 0 Å². The Bertz CT molecular complexity index is 291. The normalized spacial score (nSPS) is 29.6. The average molecular weight is 266 g/mol. The molecule has 0 aromatic carbocycles. The molecule has 1 heterocycles. The molecule has 2 N–H and O–H groups in total. The first-order valence-electron chi connectivity index (χ1n) is 7.91. The highest BCUT2D eigenvalue weighted by Gasteiger charge is 2.29. The summed E-state index contributed by atoms with van der Waals surface area (Å²) in [5.41, 5.74) is 1.41. The number of allylic oxidation sites excluding steroid dienone is 1. The van der Waals surface area contributed by atoms with Crippen molar-refractivity contribution in [2.45, 2.75) is 58.0 Å². The van der Waals surface area contributed by atoms with Crippen LogP contribution < -0.4 is 5.32 Å². The highest BCUT2D eigenvalue weighted by Crippen LogP contribution is 2.26. The Morgan fingerprint density at radius 1 is 1.21 bits per heavy atom. The molecule has 0 radical (unpaired) electrons. The molecule has 0 aromatic rings. The summed E-state index contributed by atoms with van der Waals surface area (Å²) in [6, 6.07) is 1.24. The smallest absolute Gasteiger partial charge is 0.0474 e. The molecule has 2 unspecified atom stereocenters. The Balaban J connectivity index is 1.70. The van der Waals surface area contributed by atoms with Crippen molar-refractivity contribution >= 4 is 0 Å². The number of nitrogens with zero attached hydrogens (tertiary/aromatic N) is 1. The van der Waals surface area contributed by atoms with Gasteiger partial charge >= 0.3 is 0 Å². The molecule has 1 saturated carbocycles. The van der Waals surface area contributed by atoms with Crippen LogP contribution in [0.3, 0.4) is 0 Å². The second-order valence-corrected chi connectivity index (χ2v) is 6.50. The summed E-state index contributed by atoms with van der Waals surface area (Å²) in [5, 5.41) is 13.2. The maximum atomic E-state index is 9.38. The third-order valence-electron chi connectivity index (χ3n) is 4.69. The number of piperidine rings is 1. The first-order valence-corrected chi connectivity index (χ1v) is 7.91. The summed E-state index contributed by atoms with van der Waals surface area (Å²) < 4.78 is 0. The van der Waals surface area contributed by atoms with Crippen molar-refractivity contribution in [1.82, 2.24) is 10.2 Å². The van der Waals surface area contributed by atoms with E-state index in [0.29, 0.717) is 24.6 Å². The van der Waals surface area contributed by atoms with Gasteiger partial charge in [-0.3, -0.25) is 4.90 Å². The van der Waals surface area contributed by atoms with Crippen molar-refractivity contribution in [3.05, 3.63) is 11.6 Å². The Kier molecular flexibility index (Phi) is 5.86. The minimum absolute atomic E-state index is 0.358. The molecule has 2 rings (SSSR count). The number of aliphatic hydroxyl groups excluding tert-OH is 1. The van der Waals surface area contributed by atoms with E-state index in [9.17, 15) is 5.11 Å². The Morgan fingerprint density at radius 3 is 2.58 bits per heavy atom. The fraction of sp³-hybridized carbons (Fsp3) is 0.875. The van der Waals surface area contributed by atoms with Gasteiger partial charge in [0.1, 0.15) is 0 Å². The molecule has 19 heavy (non-hydrogen) atoms. The van der Waals surface area contributed by atoms with Crippen LogP contribution in [0, 0.1) is 5.92 Å². The number of aliphatic hydroxyl groups is 1. The maximum absolute atomic E-state index is 9.38. The molecule has 1 aliphatic heterocycles. The number of hydrogen-bond acceptors (Lipinski definition) is 3. The molecular formula is C16H30N2O. The van der Waals surface area contributed by atoms with Gasteiger partial charge in [0.2, 0.25) is 0 Å². The van der Waals surface area contributed by atoms with E-state index in [1.54, 1.807) is 0 Å². The van der Waals surface area contributed by atoms with Crippen LogP contribution in [0.25, 0.3) is 0 Å². The summed E-state index contributed by atoms with van der Waals surface area (Å²) in [7, 11) is 0. The summed E-state index contributed by atoms with van der Waals surface area (Å²) in [4.78, 5) is 2.54. The van der Waals surface area contributed by atoms with Crippen LogP contribution in [0.4, 0.5) is 0 Å². The summed E-state index contributed by atoms with van der Waals surface area (Å²) in [6.45, 7) is 8.22. The van der Waals surface area contributed by atoms with Gasteiger partial charge in [-0.05, 0) is 58.5 Å². The quantitative estimate of drug-likeness (QED) is 0.749.